The molecule has 2 rings (SSSR count). The van der Waals surface area contributed by atoms with Gasteiger partial charge in [-0.25, -0.2) is 4.79 Å². The summed E-state index contributed by atoms with van der Waals surface area (Å²) in [6.07, 6.45) is -0.902. The van der Waals surface area contributed by atoms with Crippen molar-refractivity contribution >= 4 is 23.9 Å². The topological polar surface area (TPSA) is 163 Å². The van der Waals surface area contributed by atoms with Crippen molar-refractivity contribution in [3.63, 3.8) is 0 Å². The van der Waals surface area contributed by atoms with Gasteiger partial charge < -0.3 is 35.6 Å². The molecular formula is C26H33N3O8. The van der Waals surface area contributed by atoms with Gasteiger partial charge in [-0.2, -0.15) is 0 Å². The van der Waals surface area contributed by atoms with Gasteiger partial charge in [0.05, 0.1) is 6.61 Å². The van der Waals surface area contributed by atoms with Gasteiger partial charge in [0.2, 0.25) is 11.8 Å². The number of aliphatic carboxylic acids is 1. The van der Waals surface area contributed by atoms with E-state index in [9.17, 15) is 24.3 Å². The van der Waals surface area contributed by atoms with Crippen LogP contribution in [0.3, 0.4) is 0 Å². The maximum absolute atomic E-state index is 12.7. The molecule has 200 valence electrons. The highest BCUT2D eigenvalue weighted by molar-refractivity contribution is 5.92. The first-order chi connectivity index (χ1) is 17.5. The van der Waals surface area contributed by atoms with Gasteiger partial charge in [-0.15, -0.1) is 0 Å². The van der Waals surface area contributed by atoms with Crippen molar-refractivity contribution in [3.05, 3.63) is 65.7 Å². The third kappa shape index (κ3) is 11.0. The standard InChI is InChI=1S/C26H33N3O8/c1-26(2,3)37-25(35)29-21(15-30)24(34)28-20(23(33)27-14-22(31)32)13-17-9-11-19(12-10-17)36-16-18-7-5-4-6-8-18/h4-12,20-21,30H,13-16H2,1-3H3,(H,27,33)(H,28,34)(H,29,35)(H,31,32)/t20-,21-/m0/s1. The van der Waals surface area contributed by atoms with Gasteiger partial charge in [-0.1, -0.05) is 42.5 Å². The van der Waals surface area contributed by atoms with Gasteiger partial charge in [0.15, 0.2) is 0 Å². The molecule has 37 heavy (non-hydrogen) atoms. The summed E-state index contributed by atoms with van der Waals surface area (Å²) in [5.41, 5.74) is 0.836. The molecular weight excluding hydrogens is 482 g/mol. The van der Waals surface area contributed by atoms with Crippen LogP contribution >= 0.6 is 0 Å². The molecule has 0 fully saturated rings. The molecule has 0 aliphatic heterocycles. The van der Waals surface area contributed by atoms with Crippen LogP contribution in [0.2, 0.25) is 0 Å². The second-order valence-electron chi connectivity index (χ2n) is 9.18. The predicted octanol–water partition coefficient (Wildman–Crippen LogP) is 1.38. The third-order valence-corrected chi connectivity index (χ3v) is 4.85. The number of hydrogen-bond acceptors (Lipinski definition) is 7. The monoisotopic (exact) mass is 515 g/mol. The van der Waals surface area contributed by atoms with Crippen LogP contribution in [0, 0.1) is 0 Å². The zero-order valence-electron chi connectivity index (χ0n) is 21.0. The van der Waals surface area contributed by atoms with E-state index in [1.165, 1.54) is 0 Å². The molecule has 0 radical (unpaired) electrons. The van der Waals surface area contributed by atoms with E-state index >= 15 is 0 Å². The quantitative estimate of drug-likeness (QED) is 0.283. The zero-order chi connectivity index (χ0) is 27.4. The number of carbonyl (C=O) groups excluding carboxylic acids is 3. The maximum atomic E-state index is 12.7. The Bertz CT molecular complexity index is 1050. The van der Waals surface area contributed by atoms with Crippen LogP contribution in [0.4, 0.5) is 4.79 Å². The van der Waals surface area contributed by atoms with Crippen LogP contribution < -0.4 is 20.7 Å². The summed E-state index contributed by atoms with van der Waals surface area (Å²) < 4.78 is 10.8. The van der Waals surface area contributed by atoms with Crippen molar-refractivity contribution in [2.75, 3.05) is 13.2 Å². The fourth-order valence-corrected chi connectivity index (χ4v) is 3.11. The minimum Gasteiger partial charge on any atom is -0.489 e. The molecule has 0 saturated carbocycles. The number of alkyl carbamates (subject to hydrolysis) is 1. The lowest BCUT2D eigenvalue weighted by Gasteiger charge is -2.24. The number of benzene rings is 2. The van der Waals surface area contributed by atoms with Crippen LogP contribution in [0.5, 0.6) is 5.75 Å². The number of amides is 3. The molecule has 2 atom stereocenters. The summed E-state index contributed by atoms with van der Waals surface area (Å²) in [5, 5.41) is 25.4. The lowest BCUT2D eigenvalue weighted by atomic mass is 10.0. The van der Waals surface area contributed by atoms with E-state index in [0.29, 0.717) is 17.9 Å². The molecule has 11 nitrogen and oxygen atoms in total. The van der Waals surface area contributed by atoms with Gasteiger partial charge >= 0.3 is 12.1 Å². The summed E-state index contributed by atoms with van der Waals surface area (Å²) in [7, 11) is 0. The van der Waals surface area contributed by atoms with Crippen LogP contribution in [-0.2, 0) is 32.1 Å². The Morgan fingerprint density at radius 2 is 1.51 bits per heavy atom. The number of ether oxygens (including phenoxy) is 2. The van der Waals surface area contributed by atoms with Crippen molar-refractivity contribution in [1.82, 2.24) is 16.0 Å². The van der Waals surface area contributed by atoms with Gasteiger partial charge in [0, 0.05) is 6.42 Å². The summed E-state index contributed by atoms with van der Waals surface area (Å²) in [6, 6.07) is 13.9. The van der Waals surface area contributed by atoms with Gasteiger partial charge in [0.25, 0.3) is 0 Å². The molecule has 5 N–H and O–H groups in total. The zero-order valence-corrected chi connectivity index (χ0v) is 21.0. The van der Waals surface area contributed by atoms with E-state index in [1.807, 2.05) is 30.3 Å². The molecule has 3 amide bonds. The van der Waals surface area contributed by atoms with E-state index in [-0.39, 0.29) is 6.42 Å². The molecule has 11 heteroatoms. The average molecular weight is 516 g/mol. The molecule has 0 aliphatic carbocycles. The predicted molar refractivity (Wildman–Crippen MR) is 134 cm³/mol. The average Bonchev–Trinajstić information content (AvgIpc) is 2.84. The minimum absolute atomic E-state index is 0.0146. The molecule has 0 aromatic heterocycles. The van der Waals surface area contributed by atoms with Crippen molar-refractivity contribution in [1.29, 1.82) is 0 Å². The molecule has 0 bridgehead atoms. The molecule has 0 saturated heterocycles. The minimum atomic E-state index is -1.39. The number of carbonyl (C=O) groups is 4. The number of aliphatic hydroxyl groups is 1. The lowest BCUT2D eigenvalue weighted by Crippen LogP contribution is -2.56. The molecule has 0 spiro atoms. The highest BCUT2D eigenvalue weighted by atomic mass is 16.6. The van der Waals surface area contributed by atoms with Crippen LogP contribution in [0.1, 0.15) is 31.9 Å². The summed E-state index contributed by atoms with van der Waals surface area (Å²) >= 11 is 0. The van der Waals surface area contributed by atoms with Gasteiger partial charge in [0.1, 0.15) is 36.6 Å². The third-order valence-electron chi connectivity index (χ3n) is 4.85. The molecule has 0 aliphatic rings. The second kappa shape index (κ2) is 13.8. The number of hydrogen-bond donors (Lipinski definition) is 5. The van der Waals surface area contributed by atoms with Crippen LogP contribution in [-0.4, -0.2) is 64.9 Å². The normalized spacial score (nSPS) is 12.5. The molecule has 2 aromatic carbocycles. The first kappa shape index (κ1) is 29.1. The van der Waals surface area contributed by atoms with Crippen molar-refractivity contribution in [2.24, 2.45) is 0 Å². The first-order valence-corrected chi connectivity index (χ1v) is 11.6. The fourth-order valence-electron chi connectivity index (χ4n) is 3.11. The van der Waals surface area contributed by atoms with E-state index < -0.39 is 54.7 Å². The maximum Gasteiger partial charge on any atom is 0.408 e. The Morgan fingerprint density at radius 1 is 0.865 bits per heavy atom. The highest BCUT2D eigenvalue weighted by Crippen LogP contribution is 2.16. The molecule has 2 aromatic rings. The van der Waals surface area contributed by atoms with Crippen molar-refractivity contribution < 1.29 is 38.9 Å². The number of rotatable bonds is 12. The Morgan fingerprint density at radius 3 is 2.08 bits per heavy atom. The Kier molecular flexibility index (Phi) is 10.9. The van der Waals surface area contributed by atoms with Gasteiger partial charge in [-0.05, 0) is 44.0 Å². The lowest BCUT2D eigenvalue weighted by molar-refractivity contribution is -0.138. The van der Waals surface area contributed by atoms with E-state index in [4.69, 9.17) is 14.6 Å². The smallest absolute Gasteiger partial charge is 0.408 e. The number of carboxylic acids is 1. The van der Waals surface area contributed by atoms with Crippen LogP contribution in [0.15, 0.2) is 54.6 Å². The molecule has 0 unspecified atom stereocenters. The van der Waals surface area contributed by atoms with Gasteiger partial charge in [-0.3, -0.25) is 14.4 Å². The summed E-state index contributed by atoms with van der Waals surface area (Å²) in [4.78, 5) is 48.3. The van der Waals surface area contributed by atoms with Crippen molar-refractivity contribution in [2.45, 2.75) is 51.5 Å². The number of carboxylic acid groups (broad SMARTS) is 1. The van der Waals surface area contributed by atoms with E-state index in [2.05, 4.69) is 16.0 Å². The highest BCUT2D eigenvalue weighted by Gasteiger charge is 2.28. The Hall–Kier alpha value is -4.12. The largest absolute Gasteiger partial charge is 0.489 e. The Labute approximate surface area is 215 Å². The Balaban J connectivity index is 2.07. The van der Waals surface area contributed by atoms with E-state index in [1.54, 1.807) is 45.0 Å². The van der Waals surface area contributed by atoms with Crippen LogP contribution in [0.25, 0.3) is 0 Å². The molecule has 0 heterocycles. The second-order valence-corrected chi connectivity index (χ2v) is 9.18. The SMILES string of the molecule is CC(C)(C)OC(=O)N[C@@H](CO)C(=O)N[C@@H](Cc1ccc(OCc2ccccc2)cc1)C(=O)NCC(=O)O. The number of nitrogens with one attached hydrogen (secondary N) is 3. The number of aliphatic hydroxyl groups excluding tert-OH is 1. The summed E-state index contributed by atoms with van der Waals surface area (Å²) in [5.74, 6) is -2.23. The van der Waals surface area contributed by atoms with E-state index in [0.717, 1.165) is 5.56 Å². The first-order valence-electron chi connectivity index (χ1n) is 11.6. The summed E-state index contributed by atoms with van der Waals surface area (Å²) in [6.45, 7) is 3.91. The fraction of sp³-hybridized carbons (Fsp3) is 0.385. The van der Waals surface area contributed by atoms with Crippen molar-refractivity contribution in [3.8, 4) is 5.75 Å².